The number of nitrogens with one attached hydrogen (secondary N) is 2. The van der Waals surface area contributed by atoms with Crippen molar-refractivity contribution in [1.29, 1.82) is 0 Å². The lowest BCUT2D eigenvalue weighted by atomic mass is 9.84. The summed E-state index contributed by atoms with van der Waals surface area (Å²) in [4.78, 5) is 24.5. The summed E-state index contributed by atoms with van der Waals surface area (Å²) < 4.78 is 12.1. The molecular weight excluding hydrogens is 384 g/mol. The fraction of sp³-hybridized carbons (Fsp3) is 0.652. The number of aliphatic hydroxyl groups is 1. The van der Waals surface area contributed by atoms with Crippen LogP contribution in [0.4, 0.5) is 5.69 Å². The molecule has 1 saturated heterocycles. The fourth-order valence-electron chi connectivity index (χ4n) is 4.62. The molecule has 5 rings (SSSR count). The molecule has 30 heavy (non-hydrogen) atoms. The number of amides is 2. The van der Waals surface area contributed by atoms with E-state index in [0.717, 1.165) is 36.4 Å². The van der Waals surface area contributed by atoms with Crippen LogP contribution in [0.1, 0.15) is 56.4 Å². The number of hydrogen-bond acceptors (Lipinski definition) is 5. The van der Waals surface area contributed by atoms with Crippen LogP contribution in [0.5, 0.6) is 5.75 Å². The van der Waals surface area contributed by atoms with E-state index in [9.17, 15) is 14.7 Å². The third-order valence-corrected chi connectivity index (χ3v) is 6.65. The van der Waals surface area contributed by atoms with Crippen LogP contribution >= 0.6 is 0 Å². The summed E-state index contributed by atoms with van der Waals surface area (Å²) >= 11 is 0. The van der Waals surface area contributed by atoms with Gasteiger partial charge in [0.2, 0.25) is 11.8 Å². The van der Waals surface area contributed by atoms with Crippen molar-refractivity contribution in [2.24, 2.45) is 11.8 Å². The highest BCUT2D eigenvalue weighted by molar-refractivity contribution is 5.91. The SMILES string of the molecule is O=C(C[C@@H]1C[C@H]2c3cc(NC(=O)CC4CC4)ccc3O[C@H]2[C@@H](CO)O1)NCC1CC1. The van der Waals surface area contributed by atoms with E-state index in [1.54, 1.807) is 0 Å². The van der Waals surface area contributed by atoms with Gasteiger partial charge in [-0.2, -0.15) is 0 Å². The van der Waals surface area contributed by atoms with Gasteiger partial charge in [0, 0.05) is 30.1 Å². The topological polar surface area (TPSA) is 96.9 Å². The van der Waals surface area contributed by atoms with Crippen LogP contribution in [0.25, 0.3) is 0 Å². The van der Waals surface area contributed by atoms with Crippen LogP contribution in [0.3, 0.4) is 0 Å². The zero-order valence-corrected chi connectivity index (χ0v) is 17.1. The molecule has 2 aliphatic carbocycles. The van der Waals surface area contributed by atoms with Gasteiger partial charge in [-0.1, -0.05) is 0 Å². The minimum Gasteiger partial charge on any atom is -0.487 e. The molecule has 0 spiro atoms. The summed E-state index contributed by atoms with van der Waals surface area (Å²) in [6.07, 6.45) is 5.22. The molecule has 3 fully saturated rings. The summed E-state index contributed by atoms with van der Waals surface area (Å²) in [7, 11) is 0. The van der Waals surface area contributed by atoms with Crippen molar-refractivity contribution in [2.45, 2.75) is 69.2 Å². The van der Waals surface area contributed by atoms with E-state index in [1.165, 1.54) is 12.8 Å². The number of hydrogen-bond donors (Lipinski definition) is 3. The normalized spacial score (nSPS) is 29.5. The minimum absolute atomic E-state index is 0.00210. The summed E-state index contributed by atoms with van der Waals surface area (Å²) in [6, 6.07) is 5.72. The summed E-state index contributed by atoms with van der Waals surface area (Å²) in [5, 5.41) is 15.8. The summed E-state index contributed by atoms with van der Waals surface area (Å²) in [5.74, 6) is 2.04. The highest BCUT2D eigenvalue weighted by Gasteiger charge is 2.46. The van der Waals surface area contributed by atoms with Crippen LogP contribution < -0.4 is 15.4 Å². The Balaban J connectivity index is 1.26. The monoisotopic (exact) mass is 414 g/mol. The molecule has 1 aromatic carbocycles. The molecule has 2 aliphatic heterocycles. The number of carbonyl (C=O) groups is 2. The van der Waals surface area contributed by atoms with Crippen LogP contribution in [-0.2, 0) is 14.3 Å². The lowest BCUT2D eigenvalue weighted by Gasteiger charge is -2.37. The average molecular weight is 415 g/mol. The van der Waals surface area contributed by atoms with E-state index in [-0.39, 0.29) is 36.5 Å². The van der Waals surface area contributed by atoms with E-state index in [0.29, 0.717) is 31.1 Å². The lowest BCUT2D eigenvalue weighted by Crippen LogP contribution is -2.47. The van der Waals surface area contributed by atoms with Crippen molar-refractivity contribution in [3.8, 4) is 5.75 Å². The Morgan fingerprint density at radius 2 is 1.87 bits per heavy atom. The van der Waals surface area contributed by atoms with Crippen LogP contribution in [-0.4, -0.2) is 48.4 Å². The smallest absolute Gasteiger partial charge is 0.224 e. The Morgan fingerprint density at radius 3 is 2.60 bits per heavy atom. The first-order valence-electron chi connectivity index (χ1n) is 11.2. The molecule has 2 saturated carbocycles. The fourth-order valence-corrected chi connectivity index (χ4v) is 4.62. The minimum atomic E-state index is -0.467. The van der Waals surface area contributed by atoms with Gasteiger partial charge in [-0.05, 0) is 62.1 Å². The first-order chi connectivity index (χ1) is 14.6. The second-order valence-electron chi connectivity index (χ2n) is 9.30. The highest BCUT2D eigenvalue weighted by Crippen LogP contribution is 2.47. The van der Waals surface area contributed by atoms with Crippen molar-refractivity contribution in [1.82, 2.24) is 5.32 Å². The summed E-state index contributed by atoms with van der Waals surface area (Å²) in [5.41, 5.74) is 1.80. The second-order valence-corrected chi connectivity index (χ2v) is 9.30. The van der Waals surface area contributed by atoms with Crippen LogP contribution in [0.15, 0.2) is 18.2 Å². The number of fused-ring (bicyclic) bond motifs is 3. The quantitative estimate of drug-likeness (QED) is 0.607. The summed E-state index contributed by atoms with van der Waals surface area (Å²) in [6.45, 7) is 0.594. The molecule has 3 N–H and O–H groups in total. The first kappa shape index (κ1) is 19.8. The zero-order valence-electron chi connectivity index (χ0n) is 17.1. The number of carbonyl (C=O) groups excluding carboxylic acids is 2. The van der Waals surface area contributed by atoms with Crippen molar-refractivity contribution in [2.75, 3.05) is 18.5 Å². The molecule has 7 nitrogen and oxygen atoms in total. The molecule has 0 radical (unpaired) electrons. The number of ether oxygens (including phenoxy) is 2. The maximum atomic E-state index is 12.3. The van der Waals surface area contributed by atoms with Crippen LogP contribution in [0, 0.1) is 11.8 Å². The van der Waals surface area contributed by atoms with Crippen molar-refractivity contribution < 1.29 is 24.2 Å². The number of benzene rings is 1. The van der Waals surface area contributed by atoms with E-state index >= 15 is 0 Å². The molecule has 0 unspecified atom stereocenters. The van der Waals surface area contributed by atoms with Gasteiger partial charge in [0.05, 0.1) is 19.1 Å². The molecule has 162 valence electrons. The van der Waals surface area contributed by atoms with Gasteiger partial charge in [-0.3, -0.25) is 9.59 Å². The van der Waals surface area contributed by atoms with Crippen molar-refractivity contribution in [3.63, 3.8) is 0 Å². The number of rotatable bonds is 8. The standard InChI is InChI=1S/C23H30N2O5/c26-12-20-23-18(9-16(29-20)10-21(27)24-11-14-3-4-14)17-8-15(5-6-19(17)30-23)25-22(28)7-13-1-2-13/h5-6,8,13-14,16,18,20,23,26H,1-4,7,9-12H2,(H,24,27)(H,25,28)/t16-,18-,20+,23+/m0/s1. The Hall–Kier alpha value is -2.12. The van der Waals surface area contributed by atoms with Gasteiger partial charge in [0.1, 0.15) is 18.0 Å². The van der Waals surface area contributed by atoms with Gasteiger partial charge < -0.3 is 25.2 Å². The largest absolute Gasteiger partial charge is 0.487 e. The highest BCUT2D eigenvalue weighted by atomic mass is 16.6. The predicted octanol–water partition coefficient (Wildman–Crippen LogP) is 2.34. The Morgan fingerprint density at radius 1 is 1.07 bits per heavy atom. The first-order valence-corrected chi connectivity index (χ1v) is 11.2. The molecule has 0 aromatic heterocycles. The van der Waals surface area contributed by atoms with E-state index in [4.69, 9.17) is 9.47 Å². The van der Waals surface area contributed by atoms with Crippen LogP contribution in [0.2, 0.25) is 0 Å². The molecule has 4 atom stereocenters. The van der Waals surface area contributed by atoms with Crippen molar-refractivity contribution >= 4 is 17.5 Å². The third-order valence-electron chi connectivity index (χ3n) is 6.65. The molecular formula is C23H30N2O5. The Kier molecular flexibility index (Phi) is 5.41. The van der Waals surface area contributed by atoms with E-state index in [1.807, 2.05) is 18.2 Å². The molecule has 1 aromatic rings. The average Bonchev–Trinajstić information content (AvgIpc) is 3.65. The van der Waals surface area contributed by atoms with Gasteiger partial charge in [-0.15, -0.1) is 0 Å². The zero-order chi connectivity index (χ0) is 20.7. The molecule has 0 bridgehead atoms. The lowest BCUT2D eigenvalue weighted by molar-refractivity contribution is -0.142. The maximum Gasteiger partial charge on any atom is 0.224 e. The van der Waals surface area contributed by atoms with Crippen molar-refractivity contribution in [3.05, 3.63) is 23.8 Å². The predicted molar refractivity (Wildman–Crippen MR) is 110 cm³/mol. The van der Waals surface area contributed by atoms with Gasteiger partial charge >= 0.3 is 0 Å². The van der Waals surface area contributed by atoms with E-state index in [2.05, 4.69) is 10.6 Å². The Bertz CT molecular complexity index is 820. The van der Waals surface area contributed by atoms with Gasteiger partial charge in [0.25, 0.3) is 0 Å². The van der Waals surface area contributed by atoms with E-state index < -0.39 is 6.10 Å². The van der Waals surface area contributed by atoms with Gasteiger partial charge in [0.15, 0.2) is 0 Å². The molecule has 2 amide bonds. The molecule has 4 aliphatic rings. The maximum absolute atomic E-state index is 12.3. The number of anilines is 1. The van der Waals surface area contributed by atoms with Gasteiger partial charge in [-0.25, -0.2) is 0 Å². The number of aliphatic hydroxyl groups excluding tert-OH is 1. The second kappa shape index (κ2) is 8.19. The molecule has 7 heteroatoms. The Labute approximate surface area is 176 Å². The molecule has 2 heterocycles. The third kappa shape index (κ3) is 4.47.